The molecule has 0 fully saturated rings. The second-order valence-electron chi connectivity index (χ2n) is 5.58. The Kier molecular flexibility index (Phi) is 4.94. The molecule has 138 valence electrons. The van der Waals surface area contributed by atoms with Gasteiger partial charge in [0, 0.05) is 5.56 Å². The predicted molar refractivity (Wildman–Crippen MR) is 96.9 cm³/mol. The molecule has 1 aromatic heterocycles. The van der Waals surface area contributed by atoms with E-state index in [0.29, 0.717) is 28.9 Å². The van der Waals surface area contributed by atoms with Gasteiger partial charge in [0.25, 0.3) is 0 Å². The van der Waals surface area contributed by atoms with E-state index in [1.165, 1.54) is 38.5 Å². The first-order valence-electron chi connectivity index (χ1n) is 7.90. The maximum absolute atomic E-state index is 13.3. The Morgan fingerprint density at radius 3 is 2.07 bits per heavy atom. The van der Waals surface area contributed by atoms with Gasteiger partial charge in [0.1, 0.15) is 28.6 Å². The molecule has 0 radical (unpaired) electrons. The van der Waals surface area contributed by atoms with Crippen molar-refractivity contribution in [2.45, 2.75) is 0 Å². The SMILES string of the molecule is COc1cccc(OC)c1-c1c(-c2ccc(F)cc2)nc(O)c(C=O)c1O. The molecule has 0 saturated carbocycles. The van der Waals surface area contributed by atoms with Crippen LogP contribution in [0.2, 0.25) is 0 Å². The zero-order valence-electron chi connectivity index (χ0n) is 14.6. The minimum atomic E-state index is -0.639. The minimum absolute atomic E-state index is 0.121. The Morgan fingerprint density at radius 2 is 1.56 bits per heavy atom. The monoisotopic (exact) mass is 369 g/mol. The van der Waals surface area contributed by atoms with Crippen LogP contribution in [-0.4, -0.2) is 35.7 Å². The number of carbonyl (C=O) groups excluding carboxylic acids is 1. The lowest BCUT2D eigenvalue weighted by Crippen LogP contribution is -1.99. The number of nitrogens with zero attached hydrogens (tertiary/aromatic N) is 1. The molecule has 3 aromatic rings. The van der Waals surface area contributed by atoms with Crippen LogP contribution in [0, 0.1) is 5.82 Å². The van der Waals surface area contributed by atoms with E-state index >= 15 is 0 Å². The number of ether oxygens (including phenoxy) is 2. The Bertz CT molecular complexity index is 980. The molecule has 0 saturated heterocycles. The molecule has 0 aliphatic heterocycles. The van der Waals surface area contributed by atoms with Crippen molar-refractivity contribution in [1.82, 2.24) is 4.98 Å². The molecule has 0 aliphatic carbocycles. The molecule has 0 bridgehead atoms. The van der Waals surface area contributed by atoms with Gasteiger partial charge in [-0.05, 0) is 36.4 Å². The standard InChI is InChI=1S/C20H16FNO5/c1-26-14-4-3-5-15(27-2)16(14)17-18(11-6-8-12(21)9-7-11)22-20(25)13(10-23)19(17)24/h3-10H,1-2H3,(H2,22,24,25). The Hall–Kier alpha value is -3.61. The fourth-order valence-electron chi connectivity index (χ4n) is 2.83. The summed E-state index contributed by atoms with van der Waals surface area (Å²) in [5, 5.41) is 20.8. The quantitative estimate of drug-likeness (QED) is 0.665. The van der Waals surface area contributed by atoms with Crippen LogP contribution in [0.1, 0.15) is 10.4 Å². The number of benzene rings is 2. The molecule has 0 spiro atoms. The number of carbonyl (C=O) groups is 1. The number of pyridine rings is 1. The fourth-order valence-corrected chi connectivity index (χ4v) is 2.83. The number of rotatable bonds is 5. The number of hydrogen-bond acceptors (Lipinski definition) is 6. The fraction of sp³-hybridized carbons (Fsp3) is 0.100. The molecule has 2 N–H and O–H groups in total. The topological polar surface area (TPSA) is 88.9 Å². The third-order valence-electron chi connectivity index (χ3n) is 4.10. The highest BCUT2D eigenvalue weighted by Crippen LogP contribution is 2.48. The summed E-state index contributed by atoms with van der Waals surface area (Å²) in [6.07, 6.45) is 0.303. The first-order chi connectivity index (χ1) is 13.0. The number of aromatic nitrogens is 1. The summed E-state index contributed by atoms with van der Waals surface area (Å²) in [4.78, 5) is 15.4. The van der Waals surface area contributed by atoms with E-state index in [2.05, 4.69) is 4.98 Å². The lowest BCUT2D eigenvalue weighted by Gasteiger charge is -2.18. The van der Waals surface area contributed by atoms with Gasteiger partial charge in [0.15, 0.2) is 6.29 Å². The highest BCUT2D eigenvalue weighted by Gasteiger charge is 2.26. The zero-order valence-corrected chi connectivity index (χ0v) is 14.6. The molecule has 2 aromatic carbocycles. The maximum Gasteiger partial charge on any atom is 0.226 e. The molecule has 3 rings (SSSR count). The predicted octanol–water partition coefficient (Wildman–Crippen LogP) is 3.80. The van der Waals surface area contributed by atoms with Crippen LogP contribution >= 0.6 is 0 Å². The molecule has 0 aliphatic rings. The highest BCUT2D eigenvalue weighted by atomic mass is 19.1. The number of methoxy groups -OCH3 is 2. The van der Waals surface area contributed by atoms with Crippen LogP contribution < -0.4 is 9.47 Å². The summed E-state index contributed by atoms with van der Waals surface area (Å²) in [5.41, 5.74) is 0.648. The van der Waals surface area contributed by atoms with Crippen LogP contribution in [0.15, 0.2) is 42.5 Å². The third kappa shape index (κ3) is 3.15. The zero-order chi connectivity index (χ0) is 19.6. The number of aldehydes is 1. The number of aromatic hydroxyl groups is 2. The van der Waals surface area contributed by atoms with Crippen LogP contribution in [0.3, 0.4) is 0 Å². The van der Waals surface area contributed by atoms with E-state index in [-0.39, 0.29) is 16.8 Å². The summed E-state index contributed by atoms with van der Waals surface area (Å²) < 4.78 is 24.1. The molecule has 27 heavy (non-hydrogen) atoms. The lowest BCUT2D eigenvalue weighted by atomic mass is 9.95. The van der Waals surface area contributed by atoms with E-state index in [4.69, 9.17) is 9.47 Å². The van der Waals surface area contributed by atoms with Crippen molar-refractivity contribution in [2.24, 2.45) is 0 Å². The van der Waals surface area contributed by atoms with Gasteiger partial charge >= 0.3 is 0 Å². The molecule has 6 nitrogen and oxygen atoms in total. The van der Waals surface area contributed by atoms with Gasteiger partial charge in [-0.25, -0.2) is 9.37 Å². The van der Waals surface area contributed by atoms with Crippen molar-refractivity contribution >= 4 is 6.29 Å². The van der Waals surface area contributed by atoms with E-state index in [1.807, 2.05) is 0 Å². The smallest absolute Gasteiger partial charge is 0.226 e. The van der Waals surface area contributed by atoms with Crippen molar-refractivity contribution < 1.29 is 28.9 Å². The van der Waals surface area contributed by atoms with Gasteiger partial charge < -0.3 is 19.7 Å². The third-order valence-corrected chi connectivity index (χ3v) is 4.10. The Labute approximate surface area is 154 Å². The second kappa shape index (κ2) is 7.33. The van der Waals surface area contributed by atoms with Crippen molar-refractivity contribution in [1.29, 1.82) is 0 Å². The summed E-state index contributed by atoms with van der Waals surface area (Å²) in [6, 6.07) is 10.3. The highest BCUT2D eigenvalue weighted by molar-refractivity contribution is 5.97. The number of halogens is 1. The van der Waals surface area contributed by atoms with Crippen molar-refractivity contribution in [3.05, 3.63) is 53.8 Å². The maximum atomic E-state index is 13.3. The van der Waals surface area contributed by atoms with Crippen LogP contribution in [0.4, 0.5) is 4.39 Å². The Morgan fingerprint density at radius 1 is 0.963 bits per heavy atom. The summed E-state index contributed by atoms with van der Waals surface area (Å²) in [7, 11) is 2.89. The molecule has 0 atom stereocenters. The molecular weight excluding hydrogens is 353 g/mol. The first-order valence-corrected chi connectivity index (χ1v) is 7.90. The van der Waals surface area contributed by atoms with Crippen molar-refractivity contribution in [2.75, 3.05) is 14.2 Å². The summed E-state index contributed by atoms with van der Waals surface area (Å²) >= 11 is 0. The average Bonchev–Trinajstić information content (AvgIpc) is 2.68. The van der Waals surface area contributed by atoms with E-state index in [1.54, 1.807) is 18.2 Å². The van der Waals surface area contributed by atoms with Crippen LogP contribution in [0.5, 0.6) is 23.1 Å². The summed E-state index contributed by atoms with van der Waals surface area (Å²) in [5.74, 6) is -0.859. The average molecular weight is 369 g/mol. The van der Waals surface area contributed by atoms with Gasteiger partial charge in [-0.3, -0.25) is 4.79 Å². The van der Waals surface area contributed by atoms with E-state index < -0.39 is 17.4 Å². The molecular formula is C20H16FNO5. The molecule has 1 heterocycles. The second-order valence-corrected chi connectivity index (χ2v) is 5.58. The Balaban J connectivity index is 2.45. The molecule has 0 unspecified atom stereocenters. The number of hydrogen-bond donors (Lipinski definition) is 2. The lowest BCUT2D eigenvalue weighted by molar-refractivity contribution is 0.111. The van der Waals surface area contributed by atoms with Gasteiger partial charge in [-0.1, -0.05) is 6.07 Å². The van der Waals surface area contributed by atoms with Gasteiger partial charge in [0.2, 0.25) is 5.88 Å². The van der Waals surface area contributed by atoms with Crippen molar-refractivity contribution in [3.8, 4) is 45.5 Å². The van der Waals surface area contributed by atoms with Gasteiger partial charge in [0.05, 0.1) is 31.0 Å². The van der Waals surface area contributed by atoms with Gasteiger partial charge in [-0.15, -0.1) is 0 Å². The van der Waals surface area contributed by atoms with Crippen molar-refractivity contribution in [3.63, 3.8) is 0 Å². The minimum Gasteiger partial charge on any atom is -0.506 e. The molecule has 7 heteroatoms. The first kappa shape index (κ1) is 18.2. The van der Waals surface area contributed by atoms with Crippen LogP contribution in [0.25, 0.3) is 22.4 Å². The normalized spacial score (nSPS) is 10.5. The van der Waals surface area contributed by atoms with E-state index in [0.717, 1.165) is 0 Å². The van der Waals surface area contributed by atoms with Crippen LogP contribution in [-0.2, 0) is 0 Å². The summed E-state index contributed by atoms with van der Waals surface area (Å²) in [6.45, 7) is 0. The molecule has 0 amide bonds. The van der Waals surface area contributed by atoms with Gasteiger partial charge in [-0.2, -0.15) is 0 Å². The van der Waals surface area contributed by atoms with E-state index in [9.17, 15) is 19.4 Å². The largest absolute Gasteiger partial charge is 0.506 e.